The van der Waals surface area contributed by atoms with Gasteiger partial charge in [-0.15, -0.1) is 0 Å². The number of likely N-dealkylation sites (tertiary alicyclic amines) is 1. The number of carbonyl (C=O) groups excluding carboxylic acids is 2. The van der Waals surface area contributed by atoms with Crippen molar-refractivity contribution in [2.75, 3.05) is 23.7 Å². The molecule has 222 valence electrons. The number of hydrogen-bond donors (Lipinski definition) is 5. The van der Waals surface area contributed by atoms with Crippen molar-refractivity contribution in [2.24, 2.45) is 0 Å². The van der Waals surface area contributed by atoms with Gasteiger partial charge in [0, 0.05) is 61.3 Å². The van der Waals surface area contributed by atoms with Gasteiger partial charge in [-0.2, -0.15) is 10.1 Å². The Morgan fingerprint density at radius 3 is 2.29 bits per heavy atom. The fraction of sp³-hybridized carbons (Fsp3) is 0.533. The Balaban J connectivity index is 0.901. The zero-order valence-electron chi connectivity index (χ0n) is 23.9. The summed E-state index contributed by atoms with van der Waals surface area (Å²) >= 11 is 0. The highest BCUT2D eigenvalue weighted by atomic mass is 16.2. The van der Waals surface area contributed by atoms with Gasteiger partial charge in [0.2, 0.25) is 5.95 Å². The van der Waals surface area contributed by atoms with E-state index in [-0.39, 0.29) is 30.1 Å². The Morgan fingerprint density at radius 1 is 0.810 bits per heavy atom. The van der Waals surface area contributed by atoms with E-state index >= 15 is 0 Å². The average Bonchev–Trinajstić information content (AvgIpc) is 3.72. The predicted molar refractivity (Wildman–Crippen MR) is 160 cm³/mol. The first-order valence-electron chi connectivity index (χ1n) is 15.3. The fourth-order valence-electron chi connectivity index (χ4n) is 6.33. The van der Waals surface area contributed by atoms with Crippen molar-refractivity contribution in [2.45, 2.75) is 88.3 Å². The van der Waals surface area contributed by atoms with Gasteiger partial charge in [0.1, 0.15) is 11.5 Å². The van der Waals surface area contributed by atoms with Gasteiger partial charge in [-0.25, -0.2) is 9.78 Å². The molecule has 0 bridgehead atoms. The van der Waals surface area contributed by atoms with E-state index in [1.54, 1.807) is 24.5 Å². The summed E-state index contributed by atoms with van der Waals surface area (Å²) in [5.41, 5.74) is 1.66. The molecule has 3 fully saturated rings. The highest BCUT2D eigenvalue weighted by Gasteiger charge is 2.27. The number of urea groups is 1. The number of H-pyrrole nitrogens is 1. The number of piperidine rings is 1. The molecular formula is C30H40N10O2. The molecule has 0 radical (unpaired) electrons. The van der Waals surface area contributed by atoms with Crippen LogP contribution >= 0.6 is 0 Å². The smallest absolute Gasteiger partial charge is 0.315 e. The van der Waals surface area contributed by atoms with E-state index in [0.29, 0.717) is 36.5 Å². The first kappa shape index (κ1) is 27.9. The molecule has 4 heterocycles. The summed E-state index contributed by atoms with van der Waals surface area (Å²) in [5, 5.41) is 20.6. The van der Waals surface area contributed by atoms with Gasteiger partial charge in [-0.3, -0.25) is 14.9 Å². The van der Waals surface area contributed by atoms with Crippen LogP contribution in [0.3, 0.4) is 0 Å². The molecule has 2 aliphatic carbocycles. The highest BCUT2D eigenvalue weighted by Crippen LogP contribution is 2.34. The molecule has 1 aliphatic heterocycles. The van der Waals surface area contributed by atoms with E-state index < -0.39 is 0 Å². The molecule has 1 saturated heterocycles. The fourth-order valence-corrected chi connectivity index (χ4v) is 6.33. The standard InChI is InChI=1S/C30H40N10O2/c41-28(24-7-3-4-15-31-24)40-17-13-23(14-18-40)35-30(42)34-22-10-8-21(9-11-22)33-29-32-16-12-26(37-29)36-27-19-25(38-39-27)20-5-1-2-6-20/h3-4,7,12,15-16,19-23H,1-2,5-6,8-11,13-14,17-18H2,(H2,34,35,42)(H3,32,33,36,37,38,39). The van der Waals surface area contributed by atoms with Crippen LogP contribution < -0.4 is 21.3 Å². The van der Waals surface area contributed by atoms with Crippen molar-refractivity contribution in [3.8, 4) is 0 Å². The second-order valence-corrected chi connectivity index (χ2v) is 11.7. The van der Waals surface area contributed by atoms with Crippen molar-refractivity contribution < 1.29 is 9.59 Å². The third kappa shape index (κ3) is 7.15. The van der Waals surface area contributed by atoms with E-state index in [1.165, 1.54) is 31.4 Å². The second kappa shape index (κ2) is 13.2. The van der Waals surface area contributed by atoms with Crippen LogP contribution in [0.2, 0.25) is 0 Å². The van der Waals surface area contributed by atoms with Crippen LogP contribution in [0.5, 0.6) is 0 Å². The maximum atomic E-state index is 12.7. The highest BCUT2D eigenvalue weighted by molar-refractivity contribution is 5.92. The van der Waals surface area contributed by atoms with Crippen molar-refractivity contribution in [3.05, 3.63) is 54.1 Å². The Labute approximate surface area is 245 Å². The molecule has 3 amide bonds. The monoisotopic (exact) mass is 572 g/mol. The molecule has 0 spiro atoms. The summed E-state index contributed by atoms with van der Waals surface area (Å²) in [5.74, 6) is 2.60. The molecule has 3 aliphatic rings. The van der Waals surface area contributed by atoms with Crippen LogP contribution in [-0.2, 0) is 0 Å². The van der Waals surface area contributed by atoms with E-state index in [9.17, 15) is 9.59 Å². The number of aromatic amines is 1. The second-order valence-electron chi connectivity index (χ2n) is 11.7. The molecule has 5 N–H and O–H groups in total. The first-order chi connectivity index (χ1) is 20.6. The van der Waals surface area contributed by atoms with Crippen LogP contribution in [0.4, 0.5) is 22.4 Å². The van der Waals surface area contributed by atoms with E-state index in [4.69, 9.17) is 0 Å². The number of aromatic nitrogens is 5. The third-order valence-corrected chi connectivity index (χ3v) is 8.70. The number of amides is 3. The predicted octanol–water partition coefficient (Wildman–Crippen LogP) is 4.32. The lowest BCUT2D eigenvalue weighted by Crippen LogP contribution is -2.51. The summed E-state index contributed by atoms with van der Waals surface area (Å²) in [7, 11) is 0. The van der Waals surface area contributed by atoms with Crippen LogP contribution in [-0.4, -0.2) is 73.2 Å². The van der Waals surface area contributed by atoms with E-state index in [0.717, 1.165) is 44.3 Å². The number of hydrogen-bond acceptors (Lipinski definition) is 8. The average molecular weight is 573 g/mol. The first-order valence-corrected chi connectivity index (χ1v) is 15.3. The molecule has 3 aromatic rings. The Hall–Kier alpha value is -4.22. The summed E-state index contributed by atoms with van der Waals surface area (Å²) in [4.78, 5) is 40.3. The summed E-state index contributed by atoms with van der Waals surface area (Å²) in [6.07, 6.45) is 13.5. The van der Waals surface area contributed by atoms with E-state index in [1.807, 2.05) is 17.0 Å². The Morgan fingerprint density at radius 2 is 1.55 bits per heavy atom. The molecule has 6 rings (SSSR count). The number of rotatable bonds is 8. The van der Waals surface area contributed by atoms with Crippen LogP contribution in [0.15, 0.2) is 42.7 Å². The largest absolute Gasteiger partial charge is 0.351 e. The molecular weight excluding hydrogens is 532 g/mol. The van der Waals surface area contributed by atoms with Crippen molar-refractivity contribution in [1.29, 1.82) is 0 Å². The number of nitrogens with zero attached hydrogens (tertiary/aromatic N) is 5. The van der Waals surface area contributed by atoms with E-state index in [2.05, 4.69) is 52.5 Å². The SMILES string of the molecule is O=C(NC1CCC(Nc2nccc(Nc3cc(C4CCCC4)[nH]n3)n2)CC1)NC1CCN(C(=O)c2ccccn2)CC1. The molecule has 12 nitrogen and oxygen atoms in total. The van der Waals surface area contributed by atoms with Crippen LogP contribution in [0, 0.1) is 0 Å². The zero-order valence-corrected chi connectivity index (χ0v) is 23.9. The minimum Gasteiger partial charge on any atom is -0.351 e. The van der Waals surface area contributed by atoms with Gasteiger partial charge < -0.3 is 26.2 Å². The van der Waals surface area contributed by atoms with Gasteiger partial charge in [0.05, 0.1) is 0 Å². The lowest BCUT2D eigenvalue weighted by Gasteiger charge is -2.33. The number of carbonyl (C=O) groups is 2. The molecule has 2 saturated carbocycles. The minimum absolute atomic E-state index is 0.0527. The van der Waals surface area contributed by atoms with Gasteiger partial charge in [0.15, 0.2) is 5.82 Å². The minimum atomic E-state index is -0.127. The van der Waals surface area contributed by atoms with Gasteiger partial charge >= 0.3 is 6.03 Å². The summed E-state index contributed by atoms with van der Waals surface area (Å²) < 4.78 is 0. The third-order valence-electron chi connectivity index (χ3n) is 8.70. The van der Waals surface area contributed by atoms with Crippen LogP contribution in [0.25, 0.3) is 0 Å². The molecule has 3 aromatic heterocycles. The summed E-state index contributed by atoms with van der Waals surface area (Å²) in [6, 6.07) is 9.61. The number of pyridine rings is 1. The maximum absolute atomic E-state index is 12.7. The Kier molecular flexibility index (Phi) is 8.76. The van der Waals surface area contributed by atoms with Crippen molar-refractivity contribution in [1.82, 2.24) is 40.7 Å². The Bertz CT molecular complexity index is 1330. The van der Waals surface area contributed by atoms with Gasteiger partial charge in [-0.05, 0) is 69.6 Å². The molecule has 0 unspecified atom stereocenters. The summed E-state index contributed by atoms with van der Waals surface area (Å²) in [6.45, 7) is 1.22. The lowest BCUT2D eigenvalue weighted by molar-refractivity contribution is 0.0702. The van der Waals surface area contributed by atoms with Gasteiger partial charge in [-0.1, -0.05) is 18.9 Å². The number of nitrogens with one attached hydrogen (secondary N) is 5. The maximum Gasteiger partial charge on any atom is 0.315 e. The molecule has 12 heteroatoms. The normalized spacial score (nSPS) is 21.6. The molecule has 0 atom stereocenters. The zero-order chi connectivity index (χ0) is 28.7. The molecule has 0 aromatic carbocycles. The van der Waals surface area contributed by atoms with Gasteiger partial charge in [0.25, 0.3) is 5.91 Å². The van der Waals surface area contributed by atoms with Crippen molar-refractivity contribution in [3.63, 3.8) is 0 Å². The van der Waals surface area contributed by atoms with Crippen molar-refractivity contribution >= 4 is 29.5 Å². The number of anilines is 3. The quantitative estimate of drug-likeness (QED) is 0.268. The molecule has 42 heavy (non-hydrogen) atoms. The topological polar surface area (TPSA) is 153 Å². The lowest BCUT2D eigenvalue weighted by atomic mass is 9.91. The van der Waals surface area contributed by atoms with Crippen LogP contribution in [0.1, 0.15) is 86.3 Å².